The lowest BCUT2D eigenvalue weighted by Crippen LogP contribution is -2.42. The summed E-state index contributed by atoms with van der Waals surface area (Å²) < 4.78 is 46.9. The molecule has 3 atom stereocenters. The number of fused-ring (bicyclic) bond motifs is 2. The van der Waals surface area contributed by atoms with Gasteiger partial charge in [0.15, 0.2) is 0 Å². The van der Waals surface area contributed by atoms with E-state index < -0.39 is 46.2 Å². The van der Waals surface area contributed by atoms with Crippen molar-refractivity contribution in [3.8, 4) is 0 Å². The van der Waals surface area contributed by atoms with Gasteiger partial charge in [-0.3, -0.25) is 9.45 Å². The maximum Gasteiger partial charge on any atom is 0.418 e. The maximum atomic E-state index is 12.7. The van der Waals surface area contributed by atoms with E-state index in [-0.39, 0.29) is 18.3 Å². The molecule has 3 aliphatic rings. The Morgan fingerprint density at radius 1 is 1.12 bits per heavy atom. The summed E-state index contributed by atoms with van der Waals surface area (Å²) in [5.41, 5.74) is -0.635. The number of likely N-dealkylation sites (tertiary alicyclic amines) is 1. The lowest BCUT2D eigenvalue weighted by molar-refractivity contribution is -0.0317. The second kappa shape index (κ2) is 8.15. The maximum absolute atomic E-state index is 12.7. The third-order valence-electron chi connectivity index (χ3n) is 5.65. The summed E-state index contributed by atoms with van der Waals surface area (Å²) in [6.07, 6.45) is 2.80. The van der Waals surface area contributed by atoms with Crippen LogP contribution in [0, 0.1) is 0 Å². The van der Waals surface area contributed by atoms with E-state index in [4.69, 9.17) is 13.7 Å². The minimum absolute atomic E-state index is 0.199. The fraction of sp³-hybridized carbons (Fsp3) is 0.778. The average Bonchev–Trinajstić information content (AvgIpc) is 3.26. The van der Waals surface area contributed by atoms with Crippen LogP contribution in [0.15, 0.2) is 4.42 Å². The minimum atomic E-state index is -4.82. The Balaban J connectivity index is 1.51. The molecule has 3 amide bonds. The van der Waals surface area contributed by atoms with Gasteiger partial charge in [0.2, 0.25) is 11.8 Å². The van der Waals surface area contributed by atoms with Gasteiger partial charge in [-0.25, -0.2) is 9.59 Å². The number of ether oxygens (including phenoxy) is 1. The molecule has 0 aliphatic carbocycles. The topological polar surface area (TPSA) is 156 Å². The molecule has 0 unspecified atom stereocenters. The van der Waals surface area contributed by atoms with Crippen LogP contribution in [0.25, 0.3) is 0 Å². The molecule has 1 N–H and O–H groups in total. The van der Waals surface area contributed by atoms with Gasteiger partial charge >= 0.3 is 22.5 Å². The lowest BCUT2D eigenvalue weighted by atomic mass is 10.0. The first kappa shape index (κ1) is 22.7. The van der Waals surface area contributed by atoms with Crippen LogP contribution in [0.3, 0.4) is 0 Å². The second-order valence-corrected chi connectivity index (χ2v) is 10.2. The third-order valence-corrected chi connectivity index (χ3v) is 6.00. The highest BCUT2D eigenvalue weighted by Crippen LogP contribution is 2.39. The van der Waals surface area contributed by atoms with E-state index in [0.29, 0.717) is 30.9 Å². The molecule has 178 valence electrons. The smallest absolute Gasteiger partial charge is 0.418 e. The summed E-state index contributed by atoms with van der Waals surface area (Å²) in [5, 5.41) is 8.93. The summed E-state index contributed by atoms with van der Waals surface area (Å²) in [5.74, 6) is 0.473. The van der Waals surface area contributed by atoms with Crippen LogP contribution in [0.4, 0.5) is 9.59 Å². The molecule has 13 nitrogen and oxygen atoms in total. The highest BCUT2D eigenvalue weighted by Gasteiger charge is 2.49. The molecule has 4 rings (SSSR count). The Morgan fingerprint density at radius 2 is 1.81 bits per heavy atom. The fourth-order valence-electron chi connectivity index (χ4n) is 4.33. The van der Waals surface area contributed by atoms with Gasteiger partial charge in [0.05, 0.1) is 6.04 Å². The van der Waals surface area contributed by atoms with Gasteiger partial charge in [0.1, 0.15) is 17.7 Å². The molecule has 0 saturated carbocycles. The molecule has 0 radical (unpaired) electrons. The third kappa shape index (κ3) is 4.66. The van der Waals surface area contributed by atoms with Gasteiger partial charge in [0.25, 0.3) is 0 Å². The van der Waals surface area contributed by atoms with E-state index in [2.05, 4.69) is 14.5 Å². The van der Waals surface area contributed by atoms with Crippen molar-refractivity contribution in [2.45, 2.75) is 76.6 Å². The van der Waals surface area contributed by atoms with E-state index in [1.54, 1.807) is 25.7 Å². The standard InChI is InChI=1S/C18H27N5O8S/c1-18(2,3)30-17(25)21-9-5-4-6-12(21)14-19-20-15(29-14)13-8-7-11-10-22(13)16(24)23(11)31-32(26,27)28/h11-13H,4-10H2,1-3H3,(H,26,27,28)/t11-,12-,13+/m1/s1. The first-order valence-corrected chi connectivity index (χ1v) is 11.9. The number of amides is 3. The van der Waals surface area contributed by atoms with E-state index in [9.17, 15) is 18.0 Å². The number of piperidine rings is 2. The van der Waals surface area contributed by atoms with Crippen LogP contribution in [-0.4, -0.2) is 74.9 Å². The average molecular weight is 474 g/mol. The van der Waals surface area contributed by atoms with Crippen molar-refractivity contribution in [2.24, 2.45) is 0 Å². The zero-order valence-corrected chi connectivity index (χ0v) is 18.9. The molecular weight excluding hydrogens is 446 g/mol. The van der Waals surface area contributed by atoms with Crippen molar-refractivity contribution in [1.29, 1.82) is 0 Å². The Labute approximate surface area is 185 Å². The zero-order chi connectivity index (χ0) is 23.3. The number of rotatable bonds is 4. The van der Waals surface area contributed by atoms with Crippen LogP contribution in [0.1, 0.15) is 76.7 Å². The molecule has 32 heavy (non-hydrogen) atoms. The molecule has 0 aromatic carbocycles. The van der Waals surface area contributed by atoms with E-state index in [1.807, 2.05) is 0 Å². The van der Waals surface area contributed by atoms with Crippen molar-refractivity contribution in [3.63, 3.8) is 0 Å². The molecular formula is C18H27N5O8S. The first-order chi connectivity index (χ1) is 14.9. The Bertz CT molecular complexity index is 990. The molecule has 3 aliphatic heterocycles. The molecule has 2 bridgehead atoms. The van der Waals surface area contributed by atoms with Gasteiger partial charge in [-0.05, 0) is 52.9 Å². The zero-order valence-electron chi connectivity index (χ0n) is 18.1. The first-order valence-electron chi connectivity index (χ1n) is 10.5. The van der Waals surface area contributed by atoms with E-state index >= 15 is 0 Å². The minimum Gasteiger partial charge on any atom is -0.444 e. The van der Waals surface area contributed by atoms with Crippen molar-refractivity contribution >= 4 is 22.5 Å². The Morgan fingerprint density at radius 3 is 2.47 bits per heavy atom. The summed E-state index contributed by atoms with van der Waals surface area (Å²) in [6.45, 7) is 6.10. The summed E-state index contributed by atoms with van der Waals surface area (Å²) in [6, 6.07) is -2.20. The van der Waals surface area contributed by atoms with Crippen LogP contribution in [0.5, 0.6) is 0 Å². The number of hydrogen-bond acceptors (Lipinski definition) is 9. The Hall–Kier alpha value is -2.45. The number of hydrogen-bond donors (Lipinski definition) is 1. The van der Waals surface area contributed by atoms with E-state index in [0.717, 1.165) is 12.8 Å². The summed E-state index contributed by atoms with van der Waals surface area (Å²) in [7, 11) is -4.82. The number of carbonyl (C=O) groups is 2. The van der Waals surface area contributed by atoms with Gasteiger partial charge in [-0.15, -0.1) is 14.5 Å². The molecule has 4 heterocycles. The molecule has 14 heteroatoms. The number of hydroxylamine groups is 2. The largest absolute Gasteiger partial charge is 0.444 e. The second-order valence-electron chi connectivity index (χ2n) is 9.17. The van der Waals surface area contributed by atoms with E-state index in [1.165, 1.54) is 4.90 Å². The monoisotopic (exact) mass is 473 g/mol. The van der Waals surface area contributed by atoms with Gasteiger partial charge in [-0.1, -0.05) is 0 Å². The number of carbonyl (C=O) groups excluding carboxylic acids is 2. The number of nitrogens with zero attached hydrogens (tertiary/aromatic N) is 5. The SMILES string of the molecule is CC(C)(C)OC(=O)N1CCCC[C@@H]1c1nnc([C@@H]2CC[C@@H]3CN2C(=O)N3OS(=O)(=O)O)o1. The van der Waals surface area contributed by atoms with Crippen molar-refractivity contribution in [3.05, 3.63) is 11.8 Å². The van der Waals surface area contributed by atoms with Gasteiger partial charge in [0, 0.05) is 13.1 Å². The Kier molecular flexibility index (Phi) is 5.79. The quantitative estimate of drug-likeness (QED) is 0.643. The number of aromatic nitrogens is 2. The van der Waals surface area contributed by atoms with Crippen molar-refractivity contribution in [1.82, 2.24) is 25.1 Å². The van der Waals surface area contributed by atoms with Crippen LogP contribution < -0.4 is 0 Å². The highest BCUT2D eigenvalue weighted by molar-refractivity contribution is 7.80. The molecule has 3 fully saturated rings. The predicted octanol–water partition coefficient (Wildman–Crippen LogP) is 2.21. The predicted molar refractivity (Wildman–Crippen MR) is 106 cm³/mol. The summed E-state index contributed by atoms with van der Waals surface area (Å²) >= 11 is 0. The van der Waals surface area contributed by atoms with Gasteiger partial charge in [-0.2, -0.15) is 13.5 Å². The van der Waals surface area contributed by atoms with Gasteiger partial charge < -0.3 is 14.1 Å². The molecule has 0 spiro atoms. The van der Waals surface area contributed by atoms with Crippen molar-refractivity contribution < 1.29 is 36.0 Å². The van der Waals surface area contributed by atoms with Crippen LogP contribution >= 0.6 is 0 Å². The number of urea groups is 1. The fourth-order valence-corrected chi connectivity index (χ4v) is 4.72. The molecule has 1 aromatic heterocycles. The normalized spacial score (nSPS) is 26.6. The van der Waals surface area contributed by atoms with Crippen LogP contribution in [-0.2, 0) is 19.4 Å². The van der Waals surface area contributed by atoms with Crippen LogP contribution in [0.2, 0.25) is 0 Å². The lowest BCUT2D eigenvalue weighted by Gasteiger charge is -2.34. The van der Waals surface area contributed by atoms with Crippen molar-refractivity contribution in [2.75, 3.05) is 13.1 Å². The molecule has 3 saturated heterocycles. The molecule has 1 aromatic rings. The highest BCUT2D eigenvalue weighted by atomic mass is 32.3. The summed E-state index contributed by atoms with van der Waals surface area (Å²) in [4.78, 5) is 28.3.